The van der Waals surface area contributed by atoms with Gasteiger partial charge < -0.3 is 5.73 Å². The van der Waals surface area contributed by atoms with Crippen molar-refractivity contribution >= 4 is 21.7 Å². The quantitative estimate of drug-likeness (QED) is 0.918. The zero-order valence-electron chi connectivity index (χ0n) is 9.31. The highest BCUT2D eigenvalue weighted by atomic mass is 79.9. The van der Waals surface area contributed by atoms with Gasteiger partial charge in [0.2, 0.25) is 0 Å². The van der Waals surface area contributed by atoms with Crippen LogP contribution in [0, 0.1) is 6.92 Å². The van der Waals surface area contributed by atoms with Gasteiger partial charge >= 0.3 is 0 Å². The monoisotopic (exact) mass is 279 g/mol. The summed E-state index contributed by atoms with van der Waals surface area (Å²) >= 11 is 3.47. The molecule has 1 unspecified atom stereocenters. The summed E-state index contributed by atoms with van der Waals surface area (Å²) < 4.78 is 2.91. The van der Waals surface area contributed by atoms with Gasteiger partial charge in [-0.25, -0.2) is 4.68 Å². The molecule has 0 aliphatic carbocycles. The van der Waals surface area contributed by atoms with Crippen molar-refractivity contribution in [2.45, 2.75) is 19.9 Å². The van der Waals surface area contributed by atoms with Crippen LogP contribution in [0.3, 0.4) is 0 Å². The first kappa shape index (κ1) is 11.2. The first-order valence-electron chi connectivity index (χ1n) is 5.15. The van der Waals surface area contributed by atoms with Crippen molar-refractivity contribution in [2.24, 2.45) is 0 Å². The molecule has 0 saturated heterocycles. The van der Waals surface area contributed by atoms with Gasteiger partial charge in [-0.15, -0.1) is 0 Å². The highest BCUT2D eigenvalue weighted by molar-refractivity contribution is 9.10. The summed E-state index contributed by atoms with van der Waals surface area (Å²) in [5, 5.41) is 4.39. The number of rotatable bonds is 2. The van der Waals surface area contributed by atoms with Gasteiger partial charge in [-0.05, 0) is 31.5 Å². The molecule has 0 spiro atoms. The number of aryl methyl sites for hydroxylation is 1. The maximum Gasteiger partial charge on any atom is 0.122 e. The molecule has 0 aliphatic heterocycles. The fourth-order valence-electron chi connectivity index (χ4n) is 1.75. The fourth-order valence-corrected chi connectivity index (χ4v) is 2.17. The molecule has 2 aromatic rings. The van der Waals surface area contributed by atoms with Crippen LogP contribution in [0.2, 0.25) is 0 Å². The molecule has 84 valence electrons. The summed E-state index contributed by atoms with van der Waals surface area (Å²) in [5.74, 6) is 0.699. The Morgan fingerprint density at radius 1 is 1.38 bits per heavy atom. The van der Waals surface area contributed by atoms with E-state index in [-0.39, 0.29) is 6.04 Å². The van der Waals surface area contributed by atoms with Crippen molar-refractivity contribution < 1.29 is 0 Å². The van der Waals surface area contributed by atoms with E-state index >= 15 is 0 Å². The van der Waals surface area contributed by atoms with Gasteiger partial charge in [-0.3, -0.25) is 0 Å². The van der Waals surface area contributed by atoms with E-state index in [1.165, 1.54) is 5.56 Å². The van der Waals surface area contributed by atoms with Gasteiger partial charge in [0, 0.05) is 10.5 Å². The minimum absolute atomic E-state index is 0.145. The lowest BCUT2D eigenvalue weighted by atomic mass is 10.1. The number of nitrogen functional groups attached to an aromatic ring is 1. The highest BCUT2D eigenvalue weighted by Gasteiger charge is 2.12. The van der Waals surface area contributed by atoms with Gasteiger partial charge in [0.15, 0.2) is 0 Å². The van der Waals surface area contributed by atoms with Crippen LogP contribution < -0.4 is 5.73 Å². The standard InChI is InChI=1S/C12H14BrN3/c1-8-6-12(14)16(15-8)9(2)10-4-3-5-11(13)7-10/h3-7,9H,14H2,1-2H3. The molecule has 1 atom stereocenters. The van der Waals surface area contributed by atoms with E-state index in [9.17, 15) is 0 Å². The average Bonchev–Trinajstić information content (AvgIpc) is 2.57. The Kier molecular flexibility index (Phi) is 3.01. The third-order valence-electron chi connectivity index (χ3n) is 2.58. The largest absolute Gasteiger partial charge is 0.384 e. The minimum Gasteiger partial charge on any atom is -0.384 e. The van der Waals surface area contributed by atoms with Crippen LogP contribution in [0.4, 0.5) is 5.82 Å². The summed E-state index contributed by atoms with van der Waals surface area (Å²) in [6, 6.07) is 10.2. The van der Waals surface area contributed by atoms with Crippen LogP contribution in [0.15, 0.2) is 34.8 Å². The molecular weight excluding hydrogens is 266 g/mol. The molecule has 0 radical (unpaired) electrons. The second-order valence-electron chi connectivity index (χ2n) is 3.89. The lowest BCUT2D eigenvalue weighted by molar-refractivity contribution is 0.569. The van der Waals surface area contributed by atoms with Crippen molar-refractivity contribution in [2.75, 3.05) is 5.73 Å². The zero-order chi connectivity index (χ0) is 11.7. The van der Waals surface area contributed by atoms with E-state index in [1.807, 2.05) is 29.8 Å². The number of anilines is 1. The molecule has 4 heteroatoms. The zero-order valence-corrected chi connectivity index (χ0v) is 10.9. The summed E-state index contributed by atoms with van der Waals surface area (Å²) in [5.41, 5.74) is 8.03. The molecule has 1 aromatic carbocycles. The minimum atomic E-state index is 0.145. The second-order valence-corrected chi connectivity index (χ2v) is 4.80. The molecule has 0 amide bonds. The maximum absolute atomic E-state index is 5.91. The molecule has 0 saturated carbocycles. The van der Waals surface area contributed by atoms with Crippen molar-refractivity contribution in [3.8, 4) is 0 Å². The Bertz CT molecular complexity index is 505. The normalized spacial score (nSPS) is 12.7. The van der Waals surface area contributed by atoms with Crippen LogP contribution in [-0.4, -0.2) is 9.78 Å². The SMILES string of the molecule is Cc1cc(N)n(C(C)c2cccc(Br)c2)n1. The Morgan fingerprint density at radius 3 is 2.69 bits per heavy atom. The van der Waals surface area contributed by atoms with Crippen molar-refractivity contribution in [1.29, 1.82) is 0 Å². The van der Waals surface area contributed by atoms with Gasteiger partial charge in [-0.1, -0.05) is 28.1 Å². The van der Waals surface area contributed by atoms with E-state index in [0.717, 1.165) is 10.2 Å². The van der Waals surface area contributed by atoms with E-state index in [1.54, 1.807) is 0 Å². The number of benzene rings is 1. The van der Waals surface area contributed by atoms with Gasteiger partial charge in [-0.2, -0.15) is 5.10 Å². The number of hydrogen-bond acceptors (Lipinski definition) is 2. The average molecular weight is 280 g/mol. The van der Waals surface area contributed by atoms with Crippen LogP contribution in [-0.2, 0) is 0 Å². The van der Waals surface area contributed by atoms with Crippen LogP contribution >= 0.6 is 15.9 Å². The second kappa shape index (κ2) is 4.29. The lowest BCUT2D eigenvalue weighted by Gasteiger charge is -2.14. The molecular formula is C12H14BrN3. The first-order chi connectivity index (χ1) is 7.58. The third kappa shape index (κ3) is 2.11. The smallest absolute Gasteiger partial charge is 0.122 e. The molecule has 3 nitrogen and oxygen atoms in total. The third-order valence-corrected chi connectivity index (χ3v) is 3.08. The predicted molar refractivity (Wildman–Crippen MR) is 69.3 cm³/mol. The summed E-state index contributed by atoms with van der Waals surface area (Å²) in [7, 11) is 0. The number of nitrogens with zero attached hydrogens (tertiary/aromatic N) is 2. The van der Waals surface area contributed by atoms with E-state index in [4.69, 9.17) is 5.73 Å². The Balaban J connectivity index is 2.38. The van der Waals surface area contributed by atoms with Crippen LogP contribution in [0.25, 0.3) is 0 Å². The van der Waals surface area contributed by atoms with Gasteiger partial charge in [0.25, 0.3) is 0 Å². The Hall–Kier alpha value is -1.29. The number of aromatic nitrogens is 2. The van der Waals surface area contributed by atoms with Gasteiger partial charge in [0.1, 0.15) is 5.82 Å². The lowest BCUT2D eigenvalue weighted by Crippen LogP contribution is -2.11. The van der Waals surface area contributed by atoms with Crippen molar-refractivity contribution in [3.05, 3.63) is 46.1 Å². The molecule has 1 aromatic heterocycles. The number of halogens is 1. The maximum atomic E-state index is 5.91. The van der Waals surface area contributed by atoms with E-state index in [2.05, 4.69) is 40.1 Å². The van der Waals surface area contributed by atoms with E-state index < -0.39 is 0 Å². The molecule has 0 bridgehead atoms. The summed E-state index contributed by atoms with van der Waals surface area (Å²) in [6.07, 6.45) is 0. The van der Waals surface area contributed by atoms with Gasteiger partial charge in [0.05, 0.1) is 11.7 Å². The molecule has 1 heterocycles. The Morgan fingerprint density at radius 2 is 2.12 bits per heavy atom. The highest BCUT2D eigenvalue weighted by Crippen LogP contribution is 2.23. The molecule has 2 N–H and O–H groups in total. The molecule has 16 heavy (non-hydrogen) atoms. The Labute approximate surface area is 103 Å². The summed E-state index contributed by atoms with van der Waals surface area (Å²) in [6.45, 7) is 4.03. The number of hydrogen-bond donors (Lipinski definition) is 1. The number of nitrogens with two attached hydrogens (primary N) is 1. The molecule has 0 aliphatic rings. The van der Waals surface area contributed by atoms with Crippen LogP contribution in [0.1, 0.15) is 24.2 Å². The van der Waals surface area contributed by atoms with Crippen LogP contribution in [0.5, 0.6) is 0 Å². The van der Waals surface area contributed by atoms with Crippen molar-refractivity contribution in [1.82, 2.24) is 9.78 Å². The topological polar surface area (TPSA) is 43.8 Å². The molecule has 2 rings (SSSR count). The first-order valence-corrected chi connectivity index (χ1v) is 5.94. The summed E-state index contributed by atoms with van der Waals surface area (Å²) in [4.78, 5) is 0. The van der Waals surface area contributed by atoms with Crippen molar-refractivity contribution in [3.63, 3.8) is 0 Å². The van der Waals surface area contributed by atoms with E-state index in [0.29, 0.717) is 5.82 Å². The predicted octanol–water partition coefficient (Wildman–Crippen LogP) is 3.15. The molecule has 0 fully saturated rings. The fraction of sp³-hybridized carbons (Fsp3) is 0.250.